The molecule has 126 valence electrons. The normalized spacial score (nSPS) is 16.4. The van der Waals surface area contributed by atoms with Crippen LogP contribution in [0.15, 0.2) is 54.6 Å². The Balaban J connectivity index is 1.65. The summed E-state index contributed by atoms with van der Waals surface area (Å²) in [5.41, 5.74) is 2.33. The summed E-state index contributed by atoms with van der Waals surface area (Å²) in [7, 11) is 0. The van der Waals surface area contributed by atoms with Crippen molar-refractivity contribution in [1.29, 1.82) is 0 Å². The molecule has 0 amide bonds. The average molecular weight is 361 g/mol. The zero-order valence-electron chi connectivity index (χ0n) is 13.4. The van der Waals surface area contributed by atoms with Gasteiger partial charge in [0, 0.05) is 35.9 Å². The number of nitrogens with one attached hydrogen (secondary N) is 2. The van der Waals surface area contributed by atoms with Gasteiger partial charge in [0.15, 0.2) is 5.11 Å². The second kappa shape index (κ2) is 7.97. The van der Waals surface area contributed by atoms with Gasteiger partial charge >= 0.3 is 0 Å². The molecule has 2 N–H and O–H groups in total. The molecule has 2 aromatic carbocycles. The fourth-order valence-electron chi connectivity index (χ4n) is 3.08. The molecule has 1 saturated heterocycles. The number of hydrogen-bond donors (Lipinski definition) is 2. The van der Waals surface area contributed by atoms with Gasteiger partial charge in [0.2, 0.25) is 0 Å². The molecule has 1 aliphatic heterocycles. The van der Waals surface area contributed by atoms with Crippen LogP contribution in [-0.2, 0) is 10.2 Å². The highest BCUT2D eigenvalue weighted by Gasteiger charge is 2.34. The number of ether oxygens (including phenoxy) is 1. The van der Waals surface area contributed by atoms with Gasteiger partial charge in [0.1, 0.15) is 0 Å². The molecule has 0 radical (unpaired) electrons. The van der Waals surface area contributed by atoms with E-state index in [-0.39, 0.29) is 5.41 Å². The van der Waals surface area contributed by atoms with Gasteiger partial charge in [-0.1, -0.05) is 41.9 Å². The molecule has 0 spiro atoms. The van der Waals surface area contributed by atoms with Crippen LogP contribution in [-0.4, -0.2) is 24.9 Å². The predicted octanol–water partition coefficient (Wildman–Crippen LogP) is 4.37. The van der Waals surface area contributed by atoms with E-state index in [1.54, 1.807) is 0 Å². The van der Waals surface area contributed by atoms with Crippen molar-refractivity contribution in [2.75, 3.05) is 25.1 Å². The Labute approximate surface area is 153 Å². The summed E-state index contributed by atoms with van der Waals surface area (Å²) < 4.78 is 5.57. The number of thiocarbonyl (C=S) groups is 1. The van der Waals surface area contributed by atoms with E-state index in [4.69, 9.17) is 28.6 Å². The highest BCUT2D eigenvalue weighted by atomic mass is 35.5. The van der Waals surface area contributed by atoms with E-state index in [1.165, 1.54) is 5.56 Å². The molecular weight excluding hydrogens is 340 g/mol. The first-order valence-electron chi connectivity index (χ1n) is 8.12. The summed E-state index contributed by atoms with van der Waals surface area (Å²) in [6.45, 7) is 2.36. The van der Waals surface area contributed by atoms with Crippen LogP contribution in [0.5, 0.6) is 0 Å². The third-order valence-electron chi connectivity index (χ3n) is 4.53. The zero-order valence-corrected chi connectivity index (χ0v) is 15.0. The summed E-state index contributed by atoms with van der Waals surface area (Å²) in [5, 5.41) is 7.93. The predicted molar refractivity (Wildman–Crippen MR) is 104 cm³/mol. The van der Waals surface area contributed by atoms with E-state index in [0.717, 1.165) is 38.3 Å². The van der Waals surface area contributed by atoms with Crippen LogP contribution in [0.1, 0.15) is 18.4 Å². The van der Waals surface area contributed by atoms with Crippen molar-refractivity contribution in [3.05, 3.63) is 65.2 Å². The molecule has 1 fully saturated rings. The standard InChI is InChI=1S/C19H21ClN2OS/c20-16-6-8-17(9-7-16)22-18(24)21-14-19(10-12-23-13-11-19)15-4-2-1-3-5-15/h1-9H,10-14H2,(H2,21,22,24). The fraction of sp³-hybridized carbons (Fsp3) is 0.316. The van der Waals surface area contributed by atoms with Gasteiger partial charge in [0.05, 0.1) is 0 Å². The second-order valence-electron chi connectivity index (χ2n) is 6.07. The summed E-state index contributed by atoms with van der Waals surface area (Å²) in [4.78, 5) is 0. The van der Waals surface area contributed by atoms with Crippen LogP contribution in [0.25, 0.3) is 0 Å². The minimum Gasteiger partial charge on any atom is -0.381 e. The molecule has 0 aliphatic carbocycles. The number of benzene rings is 2. The van der Waals surface area contributed by atoms with Gasteiger partial charge in [-0.2, -0.15) is 0 Å². The van der Waals surface area contributed by atoms with E-state index in [1.807, 2.05) is 24.3 Å². The van der Waals surface area contributed by atoms with Crippen molar-refractivity contribution in [3.63, 3.8) is 0 Å². The van der Waals surface area contributed by atoms with Gasteiger partial charge in [-0.25, -0.2) is 0 Å². The van der Waals surface area contributed by atoms with E-state index in [9.17, 15) is 0 Å². The molecule has 1 aliphatic rings. The smallest absolute Gasteiger partial charge is 0.170 e. The Morgan fingerprint density at radius 1 is 1.04 bits per heavy atom. The maximum absolute atomic E-state index is 5.91. The van der Waals surface area contributed by atoms with Crippen LogP contribution in [0.3, 0.4) is 0 Å². The van der Waals surface area contributed by atoms with Crippen LogP contribution in [0.4, 0.5) is 5.69 Å². The van der Waals surface area contributed by atoms with E-state index in [2.05, 4.69) is 41.0 Å². The molecule has 1 heterocycles. The zero-order chi connectivity index (χ0) is 16.8. The van der Waals surface area contributed by atoms with Crippen molar-refractivity contribution in [2.24, 2.45) is 0 Å². The van der Waals surface area contributed by atoms with Crippen LogP contribution in [0, 0.1) is 0 Å². The molecule has 2 aromatic rings. The molecule has 0 unspecified atom stereocenters. The number of rotatable bonds is 4. The first kappa shape index (κ1) is 17.2. The van der Waals surface area contributed by atoms with Crippen molar-refractivity contribution < 1.29 is 4.74 Å². The highest BCUT2D eigenvalue weighted by molar-refractivity contribution is 7.80. The van der Waals surface area contributed by atoms with E-state index < -0.39 is 0 Å². The Morgan fingerprint density at radius 2 is 1.71 bits per heavy atom. The molecule has 0 saturated carbocycles. The molecular formula is C19H21ClN2OS. The Bertz CT molecular complexity index is 670. The summed E-state index contributed by atoms with van der Waals surface area (Å²) in [6.07, 6.45) is 1.99. The van der Waals surface area contributed by atoms with Gasteiger partial charge in [-0.15, -0.1) is 0 Å². The van der Waals surface area contributed by atoms with Crippen molar-refractivity contribution >= 4 is 34.6 Å². The number of anilines is 1. The lowest BCUT2D eigenvalue weighted by atomic mass is 9.74. The van der Waals surface area contributed by atoms with E-state index in [0.29, 0.717) is 10.1 Å². The lowest BCUT2D eigenvalue weighted by molar-refractivity contribution is 0.0515. The molecule has 5 heteroatoms. The van der Waals surface area contributed by atoms with E-state index >= 15 is 0 Å². The van der Waals surface area contributed by atoms with Gasteiger partial charge < -0.3 is 15.4 Å². The molecule has 0 aromatic heterocycles. The van der Waals surface area contributed by atoms with Crippen LogP contribution in [0.2, 0.25) is 5.02 Å². The first-order chi connectivity index (χ1) is 11.7. The quantitative estimate of drug-likeness (QED) is 0.793. The van der Waals surface area contributed by atoms with Crippen molar-refractivity contribution in [2.45, 2.75) is 18.3 Å². The van der Waals surface area contributed by atoms with Gasteiger partial charge in [-0.3, -0.25) is 0 Å². The van der Waals surface area contributed by atoms with Crippen LogP contribution < -0.4 is 10.6 Å². The topological polar surface area (TPSA) is 33.3 Å². The van der Waals surface area contributed by atoms with Crippen LogP contribution >= 0.6 is 23.8 Å². The summed E-state index contributed by atoms with van der Waals surface area (Å²) in [5.74, 6) is 0. The monoisotopic (exact) mass is 360 g/mol. The molecule has 24 heavy (non-hydrogen) atoms. The molecule has 3 rings (SSSR count). The molecule has 0 bridgehead atoms. The fourth-order valence-corrected chi connectivity index (χ4v) is 3.40. The van der Waals surface area contributed by atoms with Gasteiger partial charge in [0.25, 0.3) is 0 Å². The third-order valence-corrected chi connectivity index (χ3v) is 5.02. The first-order valence-corrected chi connectivity index (χ1v) is 8.90. The SMILES string of the molecule is S=C(NCC1(c2ccccc2)CCOCC1)Nc1ccc(Cl)cc1. The largest absolute Gasteiger partial charge is 0.381 e. The lowest BCUT2D eigenvalue weighted by Crippen LogP contribution is -2.45. The molecule has 0 atom stereocenters. The Kier molecular flexibility index (Phi) is 5.72. The maximum Gasteiger partial charge on any atom is 0.170 e. The summed E-state index contributed by atoms with van der Waals surface area (Å²) in [6, 6.07) is 18.2. The second-order valence-corrected chi connectivity index (χ2v) is 6.92. The van der Waals surface area contributed by atoms with Crippen molar-refractivity contribution in [3.8, 4) is 0 Å². The maximum atomic E-state index is 5.91. The minimum atomic E-state index is 0.0608. The minimum absolute atomic E-state index is 0.0608. The number of hydrogen-bond acceptors (Lipinski definition) is 2. The lowest BCUT2D eigenvalue weighted by Gasteiger charge is -2.38. The summed E-state index contributed by atoms with van der Waals surface area (Å²) >= 11 is 11.4. The molecule has 3 nitrogen and oxygen atoms in total. The average Bonchev–Trinajstić information content (AvgIpc) is 2.63. The Hall–Kier alpha value is -1.62. The Morgan fingerprint density at radius 3 is 2.38 bits per heavy atom. The number of halogens is 1. The highest BCUT2D eigenvalue weighted by Crippen LogP contribution is 2.34. The van der Waals surface area contributed by atoms with Gasteiger partial charge in [-0.05, 0) is 54.9 Å². The van der Waals surface area contributed by atoms with Crippen molar-refractivity contribution in [1.82, 2.24) is 5.32 Å². The third kappa shape index (κ3) is 4.26.